The highest BCUT2D eigenvalue weighted by atomic mass is 16.6. The van der Waals surface area contributed by atoms with Crippen LogP contribution in [0.1, 0.15) is 12.5 Å². The van der Waals surface area contributed by atoms with Gasteiger partial charge in [0.25, 0.3) is 5.69 Å². The summed E-state index contributed by atoms with van der Waals surface area (Å²) in [5, 5.41) is 24.2. The maximum absolute atomic E-state index is 11.2. The van der Waals surface area contributed by atoms with Crippen LogP contribution in [0.4, 0.5) is 16.2 Å². The summed E-state index contributed by atoms with van der Waals surface area (Å²) in [6.45, 7) is 2.14. The lowest BCUT2D eigenvalue weighted by Crippen LogP contribution is -2.28. The second-order valence-corrected chi connectivity index (χ2v) is 3.09. The molecular weight excluding hydrogens is 224 g/mol. The summed E-state index contributed by atoms with van der Waals surface area (Å²) in [6, 6.07) is 5.10. The summed E-state index contributed by atoms with van der Waals surface area (Å²) in [7, 11) is 0. The summed E-state index contributed by atoms with van der Waals surface area (Å²) < 4.78 is 0. The highest BCUT2D eigenvalue weighted by Gasteiger charge is 2.16. The van der Waals surface area contributed by atoms with Crippen molar-refractivity contribution >= 4 is 17.4 Å². The van der Waals surface area contributed by atoms with Gasteiger partial charge in [0.1, 0.15) is 5.69 Å². The number of nitrogens with one attached hydrogen (secondary N) is 2. The molecule has 0 saturated heterocycles. The first-order valence-electron chi connectivity index (χ1n) is 4.82. The van der Waals surface area contributed by atoms with Crippen molar-refractivity contribution in [3.63, 3.8) is 0 Å². The maximum atomic E-state index is 11.2. The zero-order chi connectivity index (χ0) is 12.8. The standard InChI is InChI=1S/C10H10N4O3/c1-2-12-10(15)13-8-4-3-7(6-11)5-9(8)14(16)17/h3-5H,2H2,1H3,(H2,12,13,15). The second kappa shape index (κ2) is 5.46. The smallest absolute Gasteiger partial charge is 0.319 e. The van der Waals surface area contributed by atoms with Crippen LogP contribution in [0.15, 0.2) is 18.2 Å². The van der Waals surface area contributed by atoms with Crippen LogP contribution >= 0.6 is 0 Å². The third kappa shape index (κ3) is 3.17. The molecular formula is C10H10N4O3. The second-order valence-electron chi connectivity index (χ2n) is 3.09. The fourth-order valence-corrected chi connectivity index (χ4v) is 1.19. The number of benzene rings is 1. The number of anilines is 1. The lowest BCUT2D eigenvalue weighted by molar-refractivity contribution is -0.383. The van der Waals surface area contributed by atoms with E-state index in [1.807, 2.05) is 0 Å². The summed E-state index contributed by atoms with van der Waals surface area (Å²) >= 11 is 0. The monoisotopic (exact) mass is 234 g/mol. The van der Waals surface area contributed by atoms with Gasteiger partial charge in [-0.3, -0.25) is 10.1 Å². The van der Waals surface area contributed by atoms with Gasteiger partial charge >= 0.3 is 6.03 Å². The van der Waals surface area contributed by atoms with Crippen LogP contribution in [0, 0.1) is 21.4 Å². The molecule has 0 heterocycles. The van der Waals surface area contributed by atoms with E-state index in [0.717, 1.165) is 6.07 Å². The average molecular weight is 234 g/mol. The molecule has 0 atom stereocenters. The van der Waals surface area contributed by atoms with Crippen LogP contribution in [-0.2, 0) is 0 Å². The van der Waals surface area contributed by atoms with Gasteiger partial charge in [-0.25, -0.2) is 4.79 Å². The Bertz CT molecular complexity index is 493. The number of urea groups is 1. The van der Waals surface area contributed by atoms with Crippen molar-refractivity contribution in [1.82, 2.24) is 5.32 Å². The molecule has 0 radical (unpaired) electrons. The highest BCUT2D eigenvalue weighted by Crippen LogP contribution is 2.25. The molecule has 0 spiro atoms. The van der Waals surface area contributed by atoms with E-state index >= 15 is 0 Å². The van der Waals surface area contributed by atoms with Crippen LogP contribution in [0.2, 0.25) is 0 Å². The van der Waals surface area contributed by atoms with Crippen LogP contribution < -0.4 is 10.6 Å². The fourth-order valence-electron chi connectivity index (χ4n) is 1.19. The van der Waals surface area contributed by atoms with E-state index < -0.39 is 11.0 Å². The molecule has 1 aromatic carbocycles. The molecule has 0 aliphatic heterocycles. The van der Waals surface area contributed by atoms with Gasteiger partial charge in [-0.05, 0) is 19.1 Å². The van der Waals surface area contributed by atoms with Gasteiger partial charge in [0.05, 0.1) is 16.6 Å². The van der Waals surface area contributed by atoms with Gasteiger partial charge in [-0.15, -0.1) is 0 Å². The number of amides is 2. The predicted octanol–water partition coefficient (Wildman–Crippen LogP) is 1.61. The van der Waals surface area contributed by atoms with E-state index in [2.05, 4.69) is 10.6 Å². The molecule has 0 aromatic heterocycles. The van der Waals surface area contributed by atoms with Gasteiger partial charge < -0.3 is 10.6 Å². The fraction of sp³-hybridized carbons (Fsp3) is 0.200. The number of hydrogen-bond acceptors (Lipinski definition) is 4. The van der Waals surface area contributed by atoms with E-state index in [0.29, 0.717) is 6.54 Å². The minimum atomic E-state index is -0.650. The van der Waals surface area contributed by atoms with Crippen LogP contribution in [0.5, 0.6) is 0 Å². The molecule has 1 rings (SSSR count). The molecule has 2 amide bonds. The SMILES string of the molecule is CCNC(=O)Nc1ccc(C#N)cc1[N+](=O)[O-]. The molecule has 2 N–H and O–H groups in total. The van der Waals surface area contributed by atoms with Crippen LogP contribution in [-0.4, -0.2) is 17.5 Å². The lowest BCUT2D eigenvalue weighted by Gasteiger charge is -2.06. The van der Waals surface area contributed by atoms with Crippen LogP contribution in [0.3, 0.4) is 0 Å². The number of rotatable bonds is 3. The Hall–Kier alpha value is -2.62. The maximum Gasteiger partial charge on any atom is 0.319 e. The summed E-state index contributed by atoms with van der Waals surface area (Å²) in [4.78, 5) is 21.3. The van der Waals surface area contributed by atoms with Crippen molar-refractivity contribution in [3.8, 4) is 6.07 Å². The van der Waals surface area contributed by atoms with E-state index in [1.165, 1.54) is 12.1 Å². The molecule has 7 nitrogen and oxygen atoms in total. The molecule has 0 unspecified atom stereocenters. The Labute approximate surface area is 97.2 Å². The molecule has 0 bridgehead atoms. The predicted molar refractivity (Wildman–Crippen MR) is 60.5 cm³/mol. The molecule has 7 heteroatoms. The number of nitrogens with zero attached hydrogens (tertiary/aromatic N) is 2. The number of hydrogen-bond donors (Lipinski definition) is 2. The van der Waals surface area contributed by atoms with Gasteiger partial charge in [-0.1, -0.05) is 0 Å². The number of nitro benzene ring substituents is 1. The van der Waals surface area contributed by atoms with E-state index in [1.54, 1.807) is 13.0 Å². The molecule has 0 aliphatic rings. The Morgan fingerprint density at radius 3 is 2.82 bits per heavy atom. The van der Waals surface area contributed by atoms with E-state index in [4.69, 9.17) is 5.26 Å². The Kier molecular flexibility index (Phi) is 4.00. The minimum absolute atomic E-state index is 0.0555. The van der Waals surface area contributed by atoms with Gasteiger partial charge in [0.15, 0.2) is 0 Å². The molecule has 1 aromatic rings. The first-order chi connectivity index (χ1) is 8.08. The number of nitro groups is 1. The molecule has 0 saturated carbocycles. The molecule has 0 aliphatic carbocycles. The van der Waals surface area contributed by atoms with Crippen molar-refractivity contribution in [1.29, 1.82) is 5.26 Å². The summed E-state index contributed by atoms with van der Waals surface area (Å²) in [5.41, 5.74) is -0.0894. The average Bonchev–Trinajstić information content (AvgIpc) is 2.29. The van der Waals surface area contributed by atoms with Crippen molar-refractivity contribution in [2.24, 2.45) is 0 Å². The summed E-state index contributed by atoms with van der Waals surface area (Å²) in [5.74, 6) is 0. The van der Waals surface area contributed by atoms with Gasteiger partial charge in [0.2, 0.25) is 0 Å². The quantitative estimate of drug-likeness (QED) is 0.611. The first-order valence-corrected chi connectivity index (χ1v) is 4.82. The Morgan fingerprint density at radius 2 is 2.29 bits per heavy atom. The zero-order valence-electron chi connectivity index (χ0n) is 9.06. The largest absolute Gasteiger partial charge is 0.338 e. The van der Waals surface area contributed by atoms with Crippen molar-refractivity contribution < 1.29 is 9.72 Å². The highest BCUT2D eigenvalue weighted by molar-refractivity contribution is 5.91. The number of carbonyl (C=O) groups excluding carboxylic acids is 1. The third-order valence-corrected chi connectivity index (χ3v) is 1.91. The minimum Gasteiger partial charge on any atom is -0.338 e. The lowest BCUT2D eigenvalue weighted by atomic mass is 10.2. The first kappa shape index (κ1) is 12.4. The van der Waals surface area contributed by atoms with E-state index in [9.17, 15) is 14.9 Å². The van der Waals surface area contributed by atoms with Crippen molar-refractivity contribution in [3.05, 3.63) is 33.9 Å². The number of nitriles is 1. The van der Waals surface area contributed by atoms with Crippen molar-refractivity contribution in [2.45, 2.75) is 6.92 Å². The molecule has 0 fully saturated rings. The number of carbonyl (C=O) groups is 1. The summed E-state index contributed by atoms with van der Waals surface area (Å²) in [6.07, 6.45) is 0. The van der Waals surface area contributed by atoms with Crippen LogP contribution in [0.25, 0.3) is 0 Å². The Morgan fingerprint density at radius 1 is 1.59 bits per heavy atom. The zero-order valence-corrected chi connectivity index (χ0v) is 9.06. The normalized spacial score (nSPS) is 9.18. The molecule has 17 heavy (non-hydrogen) atoms. The third-order valence-electron chi connectivity index (χ3n) is 1.91. The van der Waals surface area contributed by atoms with E-state index in [-0.39, 0.29) is 16.9 Å². The van der Waals surface area contributed by atoms with Gasteiger partial charge in [0, 0.05) is 12.6 Å². The van der Waals surface area contributed by atoms with Crippen molar-refractivity contribution in [2.75, 3.05) is 11.9 Å². The topological polar surface area (TPSA) is 108 Å². The van der Waals surface area contributed by atoms with Gasteiger partial charge in [-0.2, -0.15) is 5.26 Å². The Balaban J connectivity index is 3.03. The molecule has 88 valence electrons.